The molecule has 1 aromatic heterocycles. The first-order chi connectivity index (χ1) is 14.0. The Morgan fingerprint density at radius 2 is 1.83 bits per heavy atom. The number of carbonyl (C=O) groups is 1. The third-order valence-electron chi connectivity index (χ3n) is 5.86. The standard InChI is InChI=1S/C21H27N5O3/c1-24(2)21(27)26-12-15-11-25(20-22-10-9-18(23-20)29-4)13-17(15)19(26)14-5-7-16(28-3)8-6-14/h5-10,15,17,19H,11-13H2,1-4H3/t15-,17-,19+/m1/s1. The van der Waals surface area contributed by atoms with Crippen LogP contribution in [0.5, 0.6) is 11.6 Å². The Labute approximate surface area is 171 Å². The molecule has 0 bridgehead atoms. The Hall–Kier alpha value is -3.03. The molecule has 0 aliphatic carbocycles. The first kappa shape index (κ1) is 19.3. The number of urea groups is 1. The van der Waals surface area contributed by atoms with E-state index in [-0.39, 0.29) is 12.1 Å². The van der Waals surface area contributed by atoms with Gasteiger partial charge in [0.05, 0.1) is 20.3 Å². The minimum Gasteiger partial charge on any atom is -0.497 e. The average molecular weight is 397 g/mol. The van der Waals surface area contributed by atoms with Crippen LogP contribution in [0.3, 0.4) is 0 Å². The lowest BCUT2D eigenvalue weighted by Crippen LogP contribution is -2.41. The second-order valence-corrected chi connectivity index (χ2v) is 7.78. The lowest BCUT2D eigenvalue weighted by molar-refractivity contribution is 0.159. The molecule has 3 atom stereocenters. The summed E-state index contributed by atoms with van der Waals surface area (Å²) in [5.74, 6) is 2.72. The predicted octanol–water partition coefficient (Wildman–Crippen LogP) is 2.28. The van der Waals surface area contributed by atoms with Crippen LogP contribution in [-0.2, 0) is 0 Å². The number of carbonyl (C=O) groups excluding carboxylic acids is 1. The van der Waals surface area contributed by atoms with Gasteiger partial charge in [0.25, 0.3) is 0 Å². The van der Waals surface area contributed by atoms with Gasteiger partial charge >= 0.3 is 6.03 Å². The highest BCUT2D eigenvalue weighted by Gasteiger charge is 2.50. The number of anilines is 1. The van der Waals surface area contributed by atoms with Gasteiger partial charge in [-0.1, -0.05) is 12.1 Å². The largest absolute Gasteiger partial charge is 0.497 e. The third-order valence-corrected chi connectivity index (χ3v) is 5.86. The Morgan fingerprint density at radius 1 is 1.07 bits per heavy atom. The smallest absolute Gasteiger partial charge is 0.320 e. The molecule has 3 heterocycles. The van der Waals surface area contributed by atoms with Crippen molar-refractivity contribution in [3.8, 4) is 11.6 Å². The molecule has 0 unspecified atom stereocenters. The monoisotopic (exact) mass is 397 g/mol. The number of rotatable bonds is 4. The van der Waals surface area contributed by atoms with Crippen molar-refractivity contribution >= 4 is 12.0 Å². The van der Waals surface area contributed by atoms with E-state index in [4.69, 9.17) is 9.47 Å². The summed E-state index contributed by atoms with van der Waals surface area (Å²) in [5.41, 5.74) is 1.13. The van der Waals surface area contributed by atoms with Crippen molar-refractivity contribution in [2.24, 2.45) is 11.8 Å². The van der Waals surface area contributed by atoms with Crippen molar-refractivity contribution in [1.29, 1.82) is 0 Å². The predicted molar refractivity (Wildman–Crippen MR) is 109 cm³/mol. The number of methoxy groups -OCH3 is 2. The van der Waals surface area contributed by atoms with Gasteiger partial charge in [0.2, 0.25) is 11.8 Å². The van der Waals surface area contributed by atoms with Crippen LogP contribution in [0.2, 0.25) is 0 Å². The molecule has 29 heavy (non-hydrogen) atoms. The molecular formula is C21H27N5O3. The number of hydrogen-bond donors (Lipinski definition) is 0. The SMILES string of the molecule is COc1ccc([C@H]2[C@@H]3CN(c4nccc(OC)n4)C[C@@H]3CN2C(=O)N(C)C)cc1. The van der Waals surface area contributed by atoms with Crippen LogP contribution in [0.25, 0.3) is 0 Å². The summed E-state index contributed by atoms with van der Waals surface area (Å²) in [6, 6.07) is 9.84. The quantitative estimate of drug-likeness (QED) is 0.788. The topological polar surface area (TPSA) is 71.0 Å². The van der Waals surface area contributed by atoms with Gasteiger partial charge < -0.3 is 24.2 Å². The zero-order valence-electron chi connectivity index (χ0n) is 17.3. The molecule has 2 aliphatic rings. The highest BCUT2D eigenvalue weighted by atomic mass is 16.5. The van der Waals surface area contributed by atoms with E-state index >= 15 is 0 Å². The van der Waals surface area contributed by atoms with E-state index in [9.17, 15) is 4.79 Å². The van der Waals surface area contributed by atoms with Crippen LogP contribution in [0.4, 0.5) is 10.7 Å². The molecule has 8 heteroatoms. The van der Waals surface area contributed by atoms with E-state index in [0.29, 0.717) is 23.7 Å². The molecule has 2 aromatic rings. The molecular weight excluding hydrogens is 370 g/mol. The van der Waals surface area contributed by atoms with Gasteiger partial charge in [-0.2, -0.15) is 4.98 Å². The fourth-order valence-corrected chi connectivity index (χ4v) is 4.49. The van der Waals surface area contributed by atoms with Crippen molar-refractivity contribution in [2.45, 2.75) is 6.04 Å². The van der Waals surface area contributed by atoms with Crippen LogP contribution >= 0.6 is 0 Å². The molecule has 2 amide bonds. The van der Waals surface area contributed by atoms with E-state index in [0.717, 1.165) is 30.9 Å². The van der Waals surface area contributed by atoms with E-state index in [1.54, 1.807) is 45.5 Å². The summed E-state index contributed by atoms with van der Waals surface area (Å²) in [7, 11) is 6.87. The number of likely N-dealkylation sites (tertiary alicyclic amines) is 1. The summed E-state index contributed by atoms with van der Waals surface area (Å²) in [5, 5.41) is 0. The number of benzene rings is 1. The molecule has 1 aromatic carbocycles. The molecule has 0 spiro atoms. The molecule has 4 rings (SSSR count). The Balaban J connectivity index is 1.62. The summed E-state index contributed by atoms with van der Waals surface area (Å²) < 4.78 is 10.5. The summed E-state index contributed by atoms with van der Waals surface area (Å²) in [6.45, 7) is 2.34. The number of nitrogens with zero attached hydrogens (tertiary/aromatic N) is 5. The van der Waals surface area contributed by atoms with E-state index in [2.05, 4.69) is 27.0 Å². The maximum absolute atomic E-state index is 12.9. The fraction of sp³-hybridized carbons (Fsp3) is 0.476. The summed E-state index contributed by atoms with van der Waals surface area (Å²) >= 11 is 0. The number of aromatic nitrogens is 2. The number of amides is 2. The van der Waals surface area contributed by atoms with Crippen LogP contribution in [0.1, 0.15) is 11.6 Å². The van der Waals surface area contributed by atoms with Gasteiger partial charge in [0.1, 0.15) is 5.75 Å². The molecule has 2 aliphatic heterocycles. The molecule has 0 radical (unpaired) electrons. The molecule has 0 N–H and O–H groups in total. The van der Waals surface area contributed by atoms with Crippen molar-refractivity contribution in [1.82, 2.24) is 19.8 Å². The van der Waals surface area contributed by atoms with Gasteiger partial charge in [-0.25, -0.2) is 9.78 Å². The molecule has 2 saturated heterocycles. The maximum Gasteiger partial charge on any atom is 0.320 e. The Kier molecular flexibility index (Phi) is 5.17. The van der Waals surface area contributed by atoms with E-state index < -0.39 is 0 Å². The first-order valence-corrected chi connectivity index (χ1v) is 9.75. The minimum atomic E-state index is 0.0106. The molecule has 154 valence electrons. The molecule has 0 saturated carbocycles. The van der Waals surface area contributed by atoms with Crippen LogP contribution < -0.4 is 14.4 Å². The van der Waals surface area contributed by atoms with Crippen molar-refractivity contribution in [3.63, 3.8) is 0 Å². The molecule has 8 nitrogen and oxygen atoms in total. The Morgan fingerprint density at radius 3 is 2.48 bits per heavy atom. The second kappa shape index (κ2) is 7.77. The second-order valence-electron chi connectivity index (χ2n) is 7.78. The van der Waals surface area contributed by atoms with Gasteiger partial charge in [-0.15, -0.1) is 0 Å². The van der Waals surface area contributed by atoms with E-state index in [1.165, 1.54) is 0 Å². The number of fused-ring (bicyclic) bond motifs is 1. The highest BCUT2D eigenvalue weighted by molar-refractivity contribution is 5.75. The summed E-state index contributed by atoms with van der Waals surface area (Å²) in [4.78, 5) is 27.7. The molecule has 2 fully saturated rings. The van der Waals surface area contributed by atoms with Gasteiger partial charge in [0.15, 0.2) is 0 Å². The Bertz CT molecular complexity index is 873. The van der Waals surface area contributed by atoms with Gasteiger partial charge in [-0.3, -0.25) is 0 Å². The lowest BCUT2D eigenvalue weighted by atomic mass is 9.89. The fourth-order valence-electron chi connectivity index (χ4n) is 4.49. The summed E-state index contributed by atoms with van der Waals surface area (Å²) in [6.07, 6.45) is 1.72. The van der Waals surface area contributed by atoms with Gasteiger partial charge in [-0.05, 0) is 17.7 Å². The van der Waals surface area contributed by atoms with Gasteiger partial charge in [0, 0.05) is 57.8 Å². The third kappa shape index (κ3) is 3.54. The number of ether oxygens (including phenoxy) is 2. The van der Waals surface area contributed by atoms with Crippen molar-refractivity contribution in [3.05, 3.63) is 42.1 Å². The average Bonchev–Trinajstić information content (AvgIpc) is 3.31. The van der Waals surface area contributed by atoms with Crippen LogP contribution in [-0.4, -0.2) is 73.7 Å². The van der Waals surface area contributed by atoms with Crippen LogP contribution in [0, 0.1) is 11.8 Å². The normalized spacial score (nSPS) is 23.1. The van der Waals surface area contributed by atoms with Crippen molar-refractivity contribution in [2.75, 3.05) is 52.8 Å². The minimum absolute atomic E-state index is 0.0106. The lowest BCUT2D eigenvalue weighted by Gasteiger charge is -2.32. The van der Waals surface area contributed by atoms with Crippen LogP contribution in [0.15, 0.2) is 36.5 Å². The first-order valence-electron chi connectivity index (χ1n) is 9.75. The zero-order valence-corrected chi connectivity index (χ0v) is 17.3. The maximum atomic E-state index is 12.9. The highest BCUT2D eigenvalue weighted by Crippen LogP contribution is 2.46. The number of hydrogen-bond acceptors (Lipinski definition) is 6. The zero-order chi connectivity index (χ0) is 20.5. The van der Waals surface area contributed by atoms with E-state index in [1.807, 2.05) is 17.0 Å². The van der Waals surface area contributed by atoms with Crippen molar-refractivity contribution < 1.29 is 14.3 Å².